The molecule has 0 radical (unpaired) electrons. The van der Waals surface area contributed by atoms with Crippen molar-refractivity contribution in [3.63, 3.8) is 0 Å². The number of rotatable bonds is 5. The Labute approximate surface area is 190 Å². The average Bonchev–Trinajstić information content (AvgIpc) is 3.52. The maximum absolute atomic E-state index is 6.38. The van der Waals surface area contributed by atoms with Crippen LogP contribution in [0.15, 0.2) is 82.0 Å². The third kappa shape index (κ3) is 3.84. The van der Waals surface area contributed by atoms with Crippen LogP contribution in [-0.4, -0.2) is 15.0 Å². The van der Waals surface area contributed by atoms with Gasteiger partial charge in [-0.25, -0.2) is 0 Å². The Morgan fingerprint density at radius 3 is 2.81 bits per heavy atom. The van der Waals surface area contributed by atoms with Crippen molar-refractivity contribution >= 4 is 28.9 Å². The minimum Gasteiger partial charge on any atom is -0.467 e. The molecule has 2 unspecified atom stereocenters. The SMILES string of the molecule is Cc1ccc(Cl)cc1-c1ccc(C2C(c3ccccn3)NC(=S)N2Cc2ccco2)o1. The summed E-state index contributed by atoms with van der Waals surface area (Å²) in [5, 5.41) is 4.73. The number of halogens is 1. The van der Waals surface area contributed by atoms with E-state index in [-0.39, 0.29) is 12.1 Å². The molecule has 1 aliphatic rings. The van der Waals surface area contributed by atoms with Gasteiger partial charge in [0, 0.05) is 16.8 Å². The van der Waals surface area contributed by atoms with Gasteiger partial charge in [0.15, 0.2) is 5.11 Å². The highest BCUT2D eigenvalue weighted by atomic mass is 35.5. The second-order valence-corrected chi connectivity index (χ2v) is 8.32. The van der Waals surface area contributed by atoms with Gasteiger partial charge in [-0.2, -0.15) is 0 Å². The van der Waals surface area contributed by atoms with Crippen LogP contribution in [0.3, 0.4) is 0 Å². The van der Waals surface area contributed by atoms with E-state index >= 15 is 0 Å². The lowest BCUT2D eigenvalue weighted by Gasteiger charge is -2.25. The molecule has 4 heterocycles. The third-order valence-corrected chi connectivity index (χ3v) is 6.07. The van der Waals surface area contributed by atoms with Crippen molar-refractivity contribution in [1.29, 1.82) is 0 Å². The molecule has 3 aromatic heterocycles. The van der Waals surface area contributed by atoms with Crippen LogP contribution in [0.4, 0.5) is 0 Å². The zero-order chi connectivity index (χ0) is 21.4. The van der Waals surface area contributed by atoms with Gasteiger partial charge in [0.2, 0.25) is 0 Å². The van der Waals surface area contributed by atoms with E-state index in [1.54, 1.807) is 12.5 Å². The number of nitrogens with zero attached hydrogens (tertiary/aromatic N) is 2. The largest absolute Gasteiger partial charge is 0.467 e. The Hall–Kier alpha value is -3.09. The zero-order valence-electron chi connectivity index (χ0n) is 16.8. The summed E-state index contributed by atoms with van der Waals surface area (Å²) in [5.74, 6) is 2.39. The molecule has 1 aromatic carbocycles. The summed E-state index contributed by atoms with van der Waals surface area (Å²) in [6.07, 6.45) is 3.45. The van der Waals surface area contributed by atoms with Crippen LogP contribution < -0.4 is 5.32 Å². The topological polar surface area (TPSA) is 54.4 Å². The highest BCUT2D eigenvalue weighted by molar-refractivity contribution is 7.80. The molecule has 5 nitrogen and oxygen atoms in total. The van der Waals surface area contributed by atoms with Gasteiger partial charge in [0.05, 0.1) is 24.5 Å². The van der Waals surface area contributed by atoms with Gasteiger partial charge in [-0.05, 0) is 73.2 Å². The molecule has 0 amide bonds. The maximum Gasteiger partial charge on any atom is 0.170 e. The van der Waals surface area contributed by atoms with Crippen molar-refractivity contribution in [3.05, 3.63) is 101 Å². The van der Waals surface area contributed by atoms with E-state index in [1.165, 1.54) is 0 Å². The molecule has 31 heavy (non-hydrogen) atoms. The van der Waals surface area contributed by atoms with Crippen molar-refractivity contribution in [2.24, 2.45) is 0 Å². The van der Waals surface area contributed by atoms with Crippen molar-refractivity contribution in [2.75, 3.05) is 0 Å². The van der Waals surface area contributed by atoms with E-state index in [0.717, 1.165) is 34.1 Å². The number of aryl methyl sites for hydroxylation is 1. The summed E-state index contributed by atoms with van der Waals surface area (Å²) in [5.41, 5.74) is 2.96. The fraction of sp³-hybridized carbons (Fsp3) is 0.167. The number of hydrogen-bond donors (Lipinski definition) is 1. The maximum atomic E-state index is 6.38. The third-order valence-electron chi connectivity index (χ3n) is 5.49. The number of furan rings is 2. The molecule has 1 saturated heterocycles. The van der Waals surface area contributed by atoms with E-state index in [9.17, 15) is 0 Å². The van der Waals surface area contributed by atoms with Crippen molar-refractivity contribution < 1.29 is 8.83 Å². The number of thiocarbonyl (C=S) groups is 1. The van der Waals surface area contributed by atoms with Crippen molar-refractivity contribution in [2.45, 2.75) is 25.6 Å². The normalized spacial score (nSPS) is 18.4. The van der Waals surface area contributed by atoms with E-state index in [4.69, 9.17) is 32.7 Å². The Bertz CT molecular complexity index is 1210. The quantitative estimate of drug-likeness (QED) is 0.373. The standard InChI is InChI=1S/C24H20ClN3O2S/c1-15-7-8-16(25)13-18(15)20-9-10-21(30-20)23-22(19-6-2-3-11-26-19)27-24(31)28(23)14-17-5-4-12-29-17/h2-13,22-23H,14H2,1H3,(H,27,31). The van der Waals surface area contributed by atoms with E-state index in [0.29, 0.717) is 16.7 Å². The average molecular weight is 450 g/mol. The highest BCUT2D eigenvalue weighted by Gasteiger charge is 2.42. The van der Waals surface area contributed by atoms with E-state index < -0.39 is 0 Å². The Morgan fingerprint density at radius 1 is 1.13 bits per heavy atom. The molecule has 0 spiro atoms. The van der Waals surface area contributed by atoms with Crippen LogP contribution >= 0.6 is 23.8 Å². The van der Waals surface area contributed by atoms with E-state index in [1.807, 2.05) is 67.6 Å². The lowest BCUT2D eigenvalue weighted by molar-refractivity contribution is 0.253. The number of nitrogens with one attached hydrogen (secondary N) is 1. The molecule has 156 valence electrons. The minimum absolute atomic E-state index is 0.150. The number of aromatic nitrogens is 1. The van der Waals surface area contributed by atoms with Crippen LogP contribution in [0, 0.1) is 6.92 Å². The summed E-state index contributed by atoms with van der Waals surface area (Å²) in [4.78, 5) is 6.65. The van der Waals surface area contributed by atoms with Crippen molar-refractivity contribution in [3.8, 4) is 11.3 Å². The predicted octanol–water partition coefficient (Wildman–Crippen LogP) is 6.07. The molecule has 2 atom stereocenters. The smallest absolute Gasteiger partial charge is 0.170 e. The first-order valence-electron chi connectivity index (χ1n) is 9.97. The second-order valence-electron chi connectivity index (χ2n) is 7.50. The first kappa shape index (κ1) is 19.8. The minimum atomic E-state index is -0.180. The van der Waals surface area contributed by atoms with Crippen LogP contribution in [-0.2, 0) is 6.54 Å². The fourth-order valence-electron chi connectivity index (χ4n) is 3.97. The summed E-state index contributed by atoms with van der Waals surface area (Å²) in [6.45, 7) is 2.57. The lowest BCUT2D eigenvalue weighted by atomic mass is 10.0. The Kier molecular flexibility index (Phi) is 5.26. The molecular weight excluding hydrogens is 430 g/mol. The molecule has 5 rings (SSSR count). The molecule has 1 aliphatic heterocycles. The van der Waals surface area contributed by atoms with Gasteiger partial charge in [-0.3, -0.25) is 4.98 Å². The monoisotopic (exact) mass is 449 g/mol. The molecule has 0 aliphatic carbocycles. The first-order valence-corrected chi connectivity index (χ1v) is 10.8. The lowest BCUT2D eigenvalue weighted by Crippen LogP contribution is -2.28. The summed E-state index contributed by atoms with van der Waals surface area (Å²) in [6, 6.07) is 19.1. The Morgan fingerprint density at radius 2 is 2.03 bits per heavy atom. The van der Waals surface area contributed by atoms with Gasteiger partial charge in [0.1, 0.15) is 23.3 Å². The second kappa shape index (κ2) is 8.21. The molecule has 1 fully saturated rings. The fourth-order valence-corrected chi connectivity index (χ4v) is 4.45. The van der Waals surface area contributed by atoms with Gasteiger partial charge in [-0.15, -0.1) is 0 Å². The number of benzene rings is 1. The molecule has 1 N–H and O–H groups in total. The van der Waals surface area contributed by atoms with Crippen LogP contribution in [0.25, 0.3) is 11.3 Å². The van der Waals surface area contributed by atoms with Gasteiger partial charge in [-0.1, -0.05) is 23.7 Å². The van der Waals surface area contributed by atoms with Crippen LogP contribution in [0.1, 0.15) is 34.9 Å². The molecule has 4 aromatic rings. The summed E-state index contributed by atoms with van der Waals surface area (Å²) >= 11 is 11.9. The molecule has 7 heteroatoms. The van der Waals surface area contributed by atoms with Crippen LogP contribution in [0.5, 0.6) is 0 Å². The van der Waals surface area contributed by atoms with E-state index in [2.05, 4.69) is 15.2 Å². The predicted molar refractivity (Wildman–Crippen MR) is 124 cm³/mol. The van der Waals surface area contributed by atoms with Gasteiger partial charge >= 0.3 is 0 Å². The molecular formula is C24H20ClN3O2S. The summed E-state index contributed by atoms with van der Waals surface area (Å²) < 4.78 is 12.0. The van der Waals surface area contributed by atoms with Gasteiger partial charge in [0.25, 0.3) is 0 Å². The van der Waals surface area contributed by atoms with Crippen molar-refractivity contribution in [1.82, 2.24) is 15.2 Å². The van der Waals surface area contributed by atoms with Crippen LogP contribution in [0.2, 0.25) is 5.02 Å². The van der Waals surface area contributed by atoms with Gasteiger partial charge < -0.3 is 19.1 Å². The molecule has 0 saturated carbocycles. The zero-order valence-corrected chi connectivity index (χ0v) is 18.4. The summed E-state index contributed by atoms with van der Waals surface area (Å²) in [7, 11) is 0. The number of pyridine rings is 1. The number of hydrogen-bond acceptors (Lipinski definition) is 4. The highest BCUT2D eigenvalue weighted by Crippen LogP contribution is 2.41. The Balaban J connectivity index is 1.56. The molecule has 0 bridgehead atoms. The first-order chi connectivity index (χ1) is 15.1.